The Labute approximate surface area is 127 Å². The third-order valence-corrected chi connectivity index (χ3v) is 4.96. The molecular formula is C18H24N2O. The van der Waals surface area contributed by atoms with E-state index in [0.29, 0.717) is 0 Å². The molecule has 1 atom stereocenters. The van der Waals surface area contributed by atoms with Crippen LogP contribution in [0.3, 0.4) is 0 Å². The van der Waals surface area contributed by atoms with Gasteiger partial charge < -0.3 is 9.80 Å². The number of hydrogen-bond donors (Lipinski definition) is 0. The van der Waals surface area contributed by atoms with Crippen LogP contribution < -0.4 is 4.90 Å². The summed E-state index contributed by atoms with van der Waals surface area (Å²) in [5.41, 5.74) is 4.53. The van der Waals surface area contributed by atoms with Gasteiger partial charge in [0.15, 0.2) is 0 Å². The highest BCUT2D eigenvalue weighted by atomic mass is 16.2. The normalized spacial score (nSPS) is 22.3. The zero-order valence-electron chi connectivity index (χ0n) is 13.2. The summed E-state index contributed by atoms with van der Waals surface area (Å²) in [5, 5.41) is 0. The fraction of sp³-hybridized carbons (Fsp3) is 0.500. The number of likely N-dealkylation sites (N-methyl/N-ethyl adjacent to an activating group) is 1. The lowest BCUT2D eigenvalue weighted by Crippen LogP contribution is -2.44. The summed E-state index contributed by atoms with van der Waals surface area (Å²) in [6, 6.07) is 8.50. The zero-order chi connectivity index (χ0) is 15.0. The van der Waals surface area contributed by atoms with Crippen LogP contribution in [0.4, 0.5) is 5.69 Å². The van der Waals surface area contributed by atoms with Gasteiger partial charge in [0.1, 0.15) is 0 Å². The summed E-state index contributed by atoms with van der Waals surface area (Å²) in [5.74, 6) is 0.237. The molecule has 2 aliphatic rings. The van der Waals surface area contributed by atoms with Crippen LogP contribution in [-0.4, -0.2) is 37.0 Å². The molecule has 1 saturated heterocycles. The van der Waals surface area contributed by atoms with Gasteiger partial charge in [-0.25, -0.2) is 0 Å². The van der Waals surface area contributed by atoms with E-state index in [0.717, 1.165) is 37.1 Å². The van der Waals surface area contributed by atoms with Gasteiger partial charge in [-0.05, 0) is 44.7 Å². The Hall–Kier alpha value is -1.77. The number of amides is 1. The van der Waals surface area contributed by atoms with Gasteiger partial charge in [-0.1, -0.05) is 18.2 Å². The number of nitrogens with zero attached hydrogens (tertiary/aromatic N) is 2. The number of carbonyl (C=O) groups is 1. The number of rotatable bonds is 1. The lowest BCUT2D eigenvalue weighted by molar-refractivity contribution is -0.128. The average Bonchev–Trinajstić information content (AvgIpc) is 2.53. The number of anilines is 1. The highest BCUT2D eigenvalue weighted by molar-refractivity contribution is 6.05. The largest absolute Gasteiger partial charge is 0.367 e. The van der Waals surface area contributed by atoms with Crippen LogP contribution in [0.1, 0.15) is 38.7 Å². The monoisotopic (exact) mass is 284 g/mol. The number of fused-ring (bicyclic) bond motifs is 1. The second kappa shape index (κ2) is 5.55. The maximum atomic E-state index is 13.0. The molecule has 1 amide bonds. The van der Waals surface area contributed by atoms with Crippen LogP contribution in [0.25, 0.3) is 5.57 Å². The first kappa shape index (κ1) is 14.2. The molecule has 0 radical (unpaired) electrons. The Morgan fingerprint density at radius 1 is 1.14 bits per heavy atom. The molecule has 0 N–H and O–H groups in total. The topological polar surface area (TPSA) is 23.6 Å². The van der Waals surface area contributed by atoms with Crippen molar-refractivity contribution >= 4 is 17.2 Å². The predicted molar refractivity (Wildman–Crippen MR) is 87.3 cm³/mol. The minimum absolute atomic E-state index is 0.134. The van der Waals surface area contributed by atoms with Gasteiger partial charge in [0, 0.05) is 37.0 Å². The van der Waals surface area contributed by atoms with E-state index in [4.69, 9.17) is 0 Å². The van der Waals surface area contributed by atoms with Crippen molar-refractivity contribution < 1.29 is 4.79 Å². The van der Waals surface area contributed by atoms with Crippen molar-refractivity contribution in [2.24, 2.45) is 0 Å². The van der Waals surface area contributed by atoms with Crippen molar-refractivity contribution in [2.45, 2.75) is 39.2 Å². The fourth-order valence-electron chi connectivity index (χ4n) is 3.57. The van der Waals surface area contributed by atoms with Gasteiger partial charge in [0.2, 0.25) is 0 Å². The first-order valence-electron chi connectivity index (χ1n) is 7.93. The Kier molecular flexibility index (Phi) is 3.75. The van der Waals surface area contributed by atoms with Gasteiger partial charge in [0.25, 0.3) is 5.91 Å². The lowest BCUT2D eigenvalue weighted by Gasteiger charge is -2.38. The van der Waals surface area contributed by atoms with Gasteiger partial charge in [-0.15, -0.1) is 0 Å². The van der Waals surface area contributed by atoms with Gasteiger partial charge in [-0.2, -0.15) is 0 Å². The second-order valence-electron chi connectivity index (χ2n) is 6.20. The van der Waals surface area contributed by atoms with E-state index in [1.54, 1.807) is 0 Å². The molecule has 0 saturated carbocycles. The minimum Gasteiger partial charge on any atom is -0.367 e. The van der Waals surface area contributed by atoms with Gasteiger partial charge >= 0.3 is 0 Å². The number of benzene rings is 1. The summed E-state index contributed by atoms with van der Waals surface area (Å²) in [7, 11) is 2.08. The molecule has 0 bridgehead atoms. The van der Waals surface area contributed by atoms with E-state index < -0.39 is 0 Å². The van der Waals surface area contributed by atoms with Crippen LogP contribution >= 0.6 is 0 Å². The number of carbonyl (C=O) groups excluding carboxylic acids is 1. The molecule has 112 valence electrons. The minimum atomic E-state index is 0.134. The standard InChI is InChI=1S/C18H24N2O/c1-13-15-9-5-6-10-16(15)19(3)14(2)17(13)18(21)20-11-7-4-8-12-20/h5-6,9-10,14H,4,7-8,11-12H2,1-3H3/t14-/m1/s1. The first-order valence-corrected chi connectivity index (χ1v) is 7.93. The average molecular weight is 284 g/mol. The number of allylic oxidation sites excluding steroid dienone is 1. The number of piperidine rings is 1. The maximum absolute atomic E-state index is 13.0. The molecule has 0 aromatic heterocycles. The molecule has 3 nitrogen and oxygen atoms in total. The van der Waals surface area contributed by atoms with E-state index in [-0.39, 0.29) is 11.9 Å². The maximum Gasteiger partial charge on any atom is 0.252 e. The highest BCUT2D eigenvalue weighted by Crippen LogP contribution is 2.37. The van der Waals surface area contributed by atoms with Crippen LogP contribution in [0.2, 0.25) is 0 Å². The van der Waals surface area contributed by atoms with Gasteiger partial charge in [0.05, 0.1) is 6.04 Å². The second-order valence-corrected chi connectivity index (χ2v) is 6.20. The van der Waals surface area contributed by atoms with Crippen molar-refractivity contribution in [3.05, 3.63) is 35.4 Å². The molecule has 3 rings (SSSR count). The Morgan fingerprint density at radius 2 is 1.81 bits per heavy atom. The molecule has 21 heavy (non-hydrogen) atoms. The molecule has 1 aromatic carbocycles. The lowest BCUT2D eigenvalue weighted by atomic mass is 9.89. The van der Waals surface area contributed by atoms with Crippen molar-refractivity contribution in [3.63, 3.8) is 0 Å². The molecule has 0 spiro atoms. The van der Waals surface area contributed by atoms with Crippen molar-refractivity contribution in [2.75, 3.05) is 25.0 Å². The third kappa shape index (κ3) is 2.35. The van der Waals surface area contributed by atoms with Crippen molar-refractivity contribution in [3.8, 4) is 0 Å². The van der Waals surface area contributed by atoms with Crippen LogP contribution in [-0.2, 0) is 4.79 Å². The Balaban J connectivity index is 2.02. The molecule has 1 aromatic rings. The van der Waals surface area contributed by atoms with E-state index >= 15 is 0 Å². The Bertz CT molecular complexity index is 585. The van der Waals surface area contributed by atoms with Crippen LogP contribution in [0.15, 0.2) is 29.8 Å². The summed E-state index contributed by atoms with van der Waals surface area (Å²) in [6.07, 6.45) is 3.53. The predicted octanol–water partition coefficient (Wildman–Crippen LogP) is 3.31. The molecule has 0 unspecified atom stereocenters. The smallest absolute Gasteiger partial charge is 0.252 e. The quantitative estimate of drug-likeness (QED) is 0.790. The molecule has 2 aliphatic heterocycles. The molecule has 1 fully saturated rings. The van der Waals surface area contributed by atoms with Crippen molar-refractivity contribution in [1.29, 1.82) is 0 Å². The number of para-hydroxylation sites is 1. The summed E-state index contributed by atoms with van der Waals surface area (Å²) >= 11 is 0. The Morgan fingerprint density at radius 3 is 2.52 bits per heavy atom. The van der Waals surface area contributed by atoms with Crippen molar-refractivity contribution in [1.82, 2.24) is 4.90 Å². The highest BCUT2D eigenvalue weighted by Gasteiger charge is 2.32. The van der Waals surface area contributed by atoms with E-state index in [1.807, 2.05) is 4.90 Å². The molecule has 0 aliphatic carbocycles. The van der Waals surface area contributed by atoms with E-state index in [2.05, 4.69) is 50.1 Å². The molecule has 3 heteroatoms. The molecule has 2 heterocycles. The van der Waals surface area contributed by atoms with E-state index in [1.165, 1.54) is 17.7 Å². The van der Waals surface area contributed by atoms with Gasteiger partial charge in [-0.3, -0.25) is 4.79 Å². The van der Waals surface area contributed by atoms with Crippen LogP contribution in [0.5, 0.6) is 0 Å². The summed E-state index contributed by atoms with van der Waals surface area (Å²) in [4.78, 5) is 17.2. The summed E-state index contributed by atoms with van der Waals surface area (Å²) < 4.78 is 0. The first-order chi connectivity index (χ1) is 10.1. The third-order valence-electron chi connectivity index (χ3n) is 4.96. The summed E-state index contributed by atoms with van der Waals surface area (Å²) in [6.45, 7) is 6.05. The van der Waals surface area contributed by atoms with Crippen LogP contribution in [0, 0.1) is 0 Å². The zero-order valence-corrected chi connectivity index (χ0v) is 13.2. The number of hydrogen-bond acceptors (Lipinski definition) is 2. The van der Waals surface area contributed by atoms with E-state index in [9.17, 15) is 4.79 Å². The molecular weight excluding hydrogens is 260 g/mol. The number of likely N-dealkylation sites (tertiary alicyclic amines) is 1. The SMILES string of the molecule is CC1=C(C(=O)N2CCCCC2)[C@@H](C)N(C)c2ccccc21. The fourth-order valence-corrected chi connectivity index (χ4v) is 3.57.